The van der Waals surface area contributed by atoms with Crippen LogP contribution >= 0.6 is 15.9 Å². The first-order chi connectivity index (χ1) is 8.47. The summed E-state index contributed by atoms with van der Waals surface area (Å²) in [5, 5.41) is 3.15. The highest BCUT2D eigenvalue weighted by Gasteiger charge is 2.16. The molecule has 0 aliphatic carbocycles. The summed E-state index contributed by atoms with van der Waals surface area (Å²) in [5.74, 6) is 0. The molecule has 0 unspecified atom stereocenters. The zero-order valence-electron chi connectivity index (χ0n) is 10.7. The van der Waals surface area contributed by atoms with Crippen LogP contribution in [0.15, 0.2) is 27.6 Å². The van der Waals surface area contributed by atoms with Crippen molar-refractivity contribution in [2.75, 3.05) is 19.6 Å². The zero-order chi connectivity index (χ0) is 13.6. The Bertz CT molecular complexity index is 489. The molecule has 102 valence electrons. The van der Waals surface area contributed by atoms with Gasteiger partial charge in [-0.2, -0.15) is 0 Å². The van der Waals surface area contributed by atoms with Crippen molar-refractivity contribution < 1.29 is 8.42 Å². The first kappa shape index (κ1) is 15.6. The van der Waals surface area contributed by atoms with Gasteiger partial charge in [-0.3, -0.25) is 0 Å². The van der Waals surface area contributed by atoms with Gasteiger partial charge >= 0.3 is 0 Å². The smallest absolute Gasteiger partial charge is 0.240 e. The standard InChI is InChI=1S/C12H19BrN2O2S/c1-3-6-14-7-8-15-18(16,17)12-9-11(13)5-4-10(12)2/h4-5,9,14-15H,3,6-8H2,1-2H3. The maximum absolute atomic E-state index is 12.1. The van der Waals surface area contributed by atoms with Gasteiger partial charge in [-0.25, -0.2) is 13.1 Å². The summed E-state index contributed by atoms with van der Waals surface area (Å²) in [5.41, 5.74) is 0.743. The van der Waals surface area contributed by atoms with Gasteiger partial charge in [0.15, 0.2) is 0 Å². The van der Waals surface area contributed by atoms with E-state index in [2.05, 4.69) is 32.9 Å². The fraction of sp³-hybridized carbons (Fsp3) is 0.500. The lowest BCUT2D eigenvalue weighted by Gasteiger charge is -2.10. The number of aryl methyl sites for hydroxylation is 1. The van der Waals surface area contributed by atoms with Gasteiger partial charge in [0.1, 0.15) is 0 Å². The van der Waals surface area contributed by atoms with Gasteiger partial charge in [0, 0.05) is 17.6 Å². The Morgan fingerprint density at radius 1 is 1.22 bits per heavy atom. The molecule has 4 nitrogen and oxygen atoms in total. The van der Waals surface area contributed by atoms with Crippen molar-refractivity contribution in [1.82, 2.24) is 10.0 Å². The fourth-order valence-corrected chi connectivity index (χ4v) is 3.33. The molecule has 0 aromatic heterocycles. The molecule has 0 aliphatic heterocycles. The average molecular weight is 335 g/mol. The molecule has 1 aromatic rings. The molecule has 0 atom stereocenters. The Balaban J connectivity index is 2.66. The number of halogens is 1. The van der Waals surface area contributed by atoms with Crippen LogP contribution in [0.2, 0.25) is 0 Å². The molecule has 6 heteroatoms. The minimum absolute atomic E-state index is 0.326. The molecule has 0 bridgehead atoms. The summed E-state index contributed by atoms with van der Waals surface area (Å²) in [6.07, 6.45) is 1.04. The highest BCUT2D eigenvalue weighted by molar-refractivity contribution is 9.10. The monoisotopic (exact) mass is 334 g/mol. The Hall–Kier alpha value is -0.430. The SMILES string of the molecule is CCCNCCNS(=O)(=O)c1cc(Br)ccc1C. The van der Waals surface area contributed by atoms with Crippen molar-refractivity contribution in [3.63, 3.8) is 0 Å². The Kier molecular flexibility index (Phi) is 6.28. The number of rotatable bonds is 7. The maximum Gasteiger partial charge on any atom is 0.240 e. The molecule has 18 heavy (non-hydrogen) atoms. The van der Waals surface area contributed by atoms with E-state index >= 15 is 0 Å². The predicted molar refractivity (Wildman–Crippen MR) is 77.2 cm³/mol. The molecular weight excluding hydrogens is 316 g/mol. The average Bonchev–Trinajstić information content (AvgIpc) is 2.32. The van der Waals surface area contributed by atoms with E-state index in [1.54, 1.807) is 19.1 Å². The second-order valence-electron chi connectivity index (χ2n) is 4.06. The van der Waals surface area contributed by atoms with Crippen LogP contribution in [0, 0.1) is 6.92 Å². The third-order valence-electron chi connectivity index (χ3n) is 2.46. The van der Waals surface area contributed by atoms with E-state index in [1.807, 2.05) is 6.07 Å². The topological polar surface area (TPSA) is 58.2 Å². The highest BCUT2D eigenvalue weighted by atomic mass is 79.9. The van der Waals surface area contributed by atoms with Crippen molar-refractivity contribution in [2.45, 2.75) is 25.2 Å². The number of nitrogens with one attached hydrogen (secondary N) is 2. The lowest BCUT2D eigenvalue weighted by atomic mass is 10.2. The van der Waals surface area contributed by atoms with Crippen LogP contribution in [0.3, 0.4) is 0 Å². The normalized spacial score (nSPS) is 11.7. The van der Waals surface area contributed by atoms with Crippen molar-refractivity contribution in [3.8, 4) is 0 Å². The Morgan fingerprint density at radius 3 is 2.61 bits per heavy atom. The number of hydrogen-bond acceptors (Lipinski definition) is 3. The van der Waals surface area contributed by atoms with Crippen LogP contribution in [0.25, 0.3) is 0 Å². The van der Waals surface area contributed by atoms with Gasteiger partial charge in [0.05, 0.1) is 4.90 Å². The lowest BCUT2D eigenvalue weighted by Crippen LogP contribution is -2.32. The zero-order valence-corrected chi connectivity index (χ0v) is 13.1. The summed E-state index contributed by atoms with van der Waals surface area (Å²) >= 11 is 3.29. The van der Waals surface area contributed by atoms with E-state index in [1.165, 1.54) is 0 Å². The number of sulfonamides is 1. The molecule has 0 fully saturated rings. The minimum atomic E-state index is -3.42. The first-order valence-corrected chi connectivity index (χ1v) is 8.21. The molecular formula is C12H19BrN2O2S. The molecule has 0 aliphatic rings. The van der Waals surface area contributed by atoms with E-state index in [9.17, 15) is 8.42 Å². The van der Waals surface area contributed by atoms with E-state index < -0.39 is 10.0 Å². The highest BCUT2D eigenvalue weighted by Crippen LogP contribution is 2.20. The van der Waals surface area contributed by atoms with Crippen LogP contribution in [-0.2, 0) is 10.0 Å². The molecule has 2 N–H and O–H groups in total. The summed E-state index contributed by atoms with van der Waals surface area (Å²) < 4.78 is 27.5. The summed E-state index contributed by atoms with van der Waals surface area (Å²) in [4.78, 5) is 0.326. The molecule has 0 radical (unpaired) electrons. The van der Waals surface area contributed by atoms with Crippen molar-refractivity contribution in [2.24, 2.45) is 0 Å². The van der Waals surface area contributed by atoms with Crippen LogP contribution in [0.4, 0.5) is 0 Å². The van der Waals surface area contributed by atoms with E-state index in [4.69, 9.17) is 0 Å². The molecule has 0 spiro atoms. The van der Waals surface area contributed by atoms with Gasteiger partial charge in [0.2, 0.25) is 10.0 Å². The van der Waals surface area contributed by atoms with Gasteiger partial charge in [0.25, 0.3) is 0 Å². The van der Waals surface area contributed by atoms with E-state index in [-0.39, 0.29) is 0 Å². The predicted octanol–water partition coefficient (Wildman–Crippen LogP) is 2.04. The molecule has 1 aromatic carbocycles. The van der Waals surface area contributed by atoms with Gasteiger partial charge in [-0.15, -0.1) is 0 Å². The van der Waals surface area contributed by atoms with Gasteiger partial charge in [-0.05, 0) is 37.6 Å². The molecule has 0 saturated heterocycles. The third kappa shape index (κ3) is 4.68. The number of benzene rings is 1. The lowest BCUT2D eigenvalue weighted by molar-refractivity contribution is 0.575. The van der Waals surface area contributed by atoms with Gasteiger partial charge < -0.3 is 5.32 Å². The molecule has 1 rings (SSSR count). The number of hydrogen-bond donors (Lipinski definition) is 2. The Labute approximate surface area is 117 Å². The van der Waals surface area contributed by atoms with Crippen LogP contribution < -0.4 is 10.0 Å². The summed E-state index contributed by atoms with van der Waals surface area (Å²) in [6, 6.07) is 5.24. The molecule has 0 amide bonds. The molecule has 0 heterocycles. The van der Waals surface area contributed by atoms with Crippen molar-refractivity contribution in [3.05, 3.63) is 28.2 Å². The first-order valence-electron chi connectivity index (χ1n) is 5.94. The summed E-state index contributed by atoms with van der Waals surface area (Å²) in [7, 11) is -3.42. The largest absolute Gasteiger partial charge is 0.315 e. The second kappa shape index (κ2) is 7.23. The quantitative estimate of drug-likeness (QED) is 0.750. The van der Waals surface area contributed by atoms with E-state index in [0.29, 0.717) is 18.0 Å². The van der Waals surface area contributed by atoms with Crippen LogP contribution in [0.1, 0.15) is 18.9 Å². The van der Waals surface area contributed by atoms with Crippen LogP contribution in [0.5, 0.6) is 0 Å². The van der Waals surface area contributed by atoms with Crippen molar-refractivity contribution >= 4 is 26.0 Å². The third-order valence-corrected chi connectivity index (χ3v) is 4.56. The maximum atomic E-state index is 12.1. The van der Waals surface area contributed by atoms with E-state index in [0.717, 1.165) is 23.0 Å². The summed E-state index contributed by atoms with van der Waals surface area (Å²) in [6.45, 7) is 5.80. The minimum Gasteiger partial charge on any atom is -0.315 e. The van der Waals surface area contributed by atoms with Crippen molar-refractivity contribution in [1.29, 1.82) is 0 Å². The van der Waals surface area contributed by atoms with Gasteiger partial charge in [-0.1, -0.05) is 28.9 Å². The fourth-order valence-electron chi connectivity index (χ4n) is 1.52. The molecule has 0 saturated carbocycles. The Morgan fingerprint density at radius 2 is 1.94 bits per heavy atom. The second-order valence-corrected chi connectivity index (χ2v) is 6.71. The van der Waals surface area contributed by atoms with Crippen LogP contribution in [-0.4, -0.2) is 28.1 Å².